The van der Waals surface area contributed by atoms with E-state index < -0.39 is 97.8 Å². The Labute approximate surface area is 300 Å². The minimum atomic E-state index is -2.20. The maximum Gasteiger partial charge on any atom is 0.311 e. The summed E-state index contributed by atoms with van der Waals surface area (Å²) in [5, 5.41) is 85.5. The lowest BCUT2D eigenvalue weighted by Gasteiger charge is -2.45. The van der Waals surface area contributed by atoms with Gasteiger partial charge in [0.25, 0.3) is 0 Å². The Morgan fingerprint density at radius 2 is 1.57 bits per heavy atom. The average molecular weight is 728 g/mol. The molecule has 0 spiro atoms. The molecule has 0 aliphatic carbocycles. The Balaban J connectivity index is 1.87. The minimum Gasteiger partial charge on any atom is -0.481 e. The third kappa shape index (κ3) is 13.7. The smallest absolute Gasteiger partial charge is 0.311 e. The molecule has 14 nitrogen and oxygen atoms in total. The van der Waals surface area contributed by atoms with Crippen LogP contribution in [0.5, 0.6) is 0 Å². The summed E-state index contributed by atoms with van der Waals surface area (Å²) in [6, 6.07) is -1.09. The van der Waals surface area contributed by atoms with E-state index in [1.54, 1.807) is 31.2 Å². The van der Waals surface area contributed by atoms with Crippen molar-refractivity contribution in [3.63, 3.8) is 0 Å². The van der Waals surface area contributed by atoms with Gasteiger partial charge in [0.05, 0.1) is 61.0 Å². The highest BCUT2D eigenvalue weighted by molar-refractivity contribution is 5.71. The van der Waals surface area contributed by atoms with Gasteiger partial charge in [-0.3, -0.25) is 4.79 Å². The van der Waals surface area contributed by atoms with Gasteiger partial charge in [0, 0.05) is 32.3 Å². The van der Waals surface area contributed by atoms with Crippen LogP contribution in [0.3, 0.4) is 0 Å². The highest BCUT2D eigenvalue weighted by Crippen LogP contribution is 2.38. The zero-order chi connectivity index (χ0) is 37.7. The minimum absolute atomic E-state index is 0.0507. The summed E-state index contributed by atoms with van der Waals surface area (Å²) in [4.78, 5) is 12.3. The Hall–Kier alpha value is -2.05. The second kappa shape index (κ2) is 21.0. The van der Waals surface area contributed by atoms with Crippen molar-refractivity contribution in [2.24, 2.45) is 17.6 Å². The van der Waals surface area contributed by atoms with Crippen molar-refractivity contribution in [1.82, 2.24) is 0 Å². The number of hydrogen-bond acceptors (Lipinski definition) is 13. The first-order valence-corrected chi connectivity index (χ1v) is 18.2. The maximum absolute atomic E-state index is 12.3. The molecule has 10 N–H and O–H groups in total. The first-order chi connectivity index (χ1) is 24.1. The molecule has 2 saturated heterocycles. The molecular formula is C37H61NO13. The molecule has 0 amide bonds. The largest absolute Gasteiger partial charge is 0.481 e. The van der Waals surface area contributed by atoms with Crippen LogP contribution >= 0.6 is 0 Å². The Morgan fingerprint density at radius 3 is 2.25 bits per heavy atom. The number of nitrogens with two attached hydrogens (primary N) is 1. The molecule has 2 fully saturated rings. The molecule has 3 rings (SSSR count). The Morgan fingerprint density at radius 1 is 0.882 bits per heavy atom. The Bertz CT molecular complexity index is 1160. The molecule has 3 heterocycles. The lowest BCUT2D eigenvalue weighted by Crippen LogP contribution is -2.61. The van der Waals surface area contributed by atoms with E-state index in [2.05, 4.69) is 19.9 Å². The number of ether oxygens (including phenoxy) is 4. The van der Waals surface area contributed by atoms with Gasteiger partial charge < -0.3 is 65.5 Å². The summed E-state index contributed by atoms with van der Waals surface area (Å²) < 4.78 is 23.7. The molecular weight excluding hydrogens is 666 g/mol. The number of carboxylic acid groups (broad SMARTS) is 1. The number of aliphatic hydroxyl groups is 7. The zero-order valence-electron chi connectivity index (χ0n) is 30.0. The molecule has 0 aromatic carbocycles. The van der Waals surface area contributed by atoms with E-state index in [1.807, 2.05) is 18.2 Å². The molecule has 14 heteroatoms. The van der Waals surface area contributed by atoms with E-state index in [-0.39, 0.29) is 25.4 Å². The van der Waals surface area contributed by atoms with Crippen LogP contribution in [-0.2, 0) is 23.7 Å². The summed E-state index contributed by atoms with van der Waals surface area (Å²) in [7, 11) is 0. The summed E-state index contributed by atoms with van der Waals surface area (Å²) in [6.45, 7) is 6.16. The topological polar surface area (TPSA) is 242 Å². The summed E-state index contributed by atoms with van der Waals surface area (Å²) in [6.07, 6.45) is 3.76. The molecule has 9 unspecified atom stereocenters. The standard InChI is InChI=1S/C37H61NO13/c1-22(2)29-16-12-10-8-6-4-5-7-9-11-14-25(50-36-34(44)32(38)33(43)23(3)49-36)19-30-31(35(45)46)28(42)21-37(47,51-30)20-24(39)18-27(41)26(40)15-13-17-48-29/h4-9,11,14,22-34,36,39-44,47H,10,12-13,15-21,38H2,1-3H3,(H,45,46)/b5-4+,8-6-,9-7+,14-11+/t23-,24?,25?,26?,27?,28?,29?,30?,31?,32+,33-,34+,36+,37?/m1/s1. The second-order valence-corrected chi connectivity index (χ2v) is 14.5. The van der Waals surface area contributed by atoms with E-state index in [9.17, 15) is 45.6 Å². The number of fused-ring (bicyclic) bond motifs is 2. The normalized spacial score (nSPS) is 44.3. The van der Waals surface area contributed by atoms with E-state index in [4.69, 9.17) is 24.7 Å². The number of allylic oxidation sites excluding steroid dienone is 7. The average Bonchev–Trinajstić information content (AvgIpc) is 3.04. The molecule has 3 aliphatic heterocycles. The Kier molecular flexibility index (Phi) is 17.8. The fourth-order valence-electron chi connectivity index (χ4n) is 6.79. The molecule has 51 heavy (non-hydrogen) atoms. The highest BCUT2D eigenvalue weighted by atomic mass is 16.7. The molecule has 14 atom stereocenters. The quantitative estimate of drug-likeness (QED) is 0.198. The van der Waals surface area contributed by atoms with Gasteiger partial charge in [-0.25, -0.2) is 0 Å². The van der Waals surface area contributed by atoms with Crippen LogP contribution in [0.15, 0.2) is 48.6 Å². The van der Waals surface area contributed by atoms with Crippen molar-refractivity contribution in [1.29, 1.82) is 0 Å². The van der Waals surface area contributed by atoms with Crippen molar-refractivity contribution in [2.75, 3.05) is 6.61 Å². The van der Waals surface area contributed by atoms with Crippen LogP contribution < -0.4 is 5.73 Å². The molecule has 3 aliphatic rings. The first kappa shape index (κ1) is 43.4. The number of aliphatic hydroxyl groups excluding tert-OH is 6. The maximum atomic E-state index is 12.3. The molecule has 0 saturated carbocycles. The SMILES string of the molecule is CC(C)C1CCC\C=C/C=C/C=C/C=C/C(O[C@@H]2O[C@H](C)[C@@H](O)[C@H](N)[C@@H]2O)CC2OC(O)(CC(O)CC(O)C(O)CCCO1)CC(O)C2C(=O)O. The molecule has 292 valence electrons. The van der Waals surface area contributed by atoms with Crippen molar-refractivity contribution in [3.8, 4) is 0 Å². The van der Waals surface area contributed by atoms with Gasteiger partial charge in [-0.15, -0.1) is 0 Å². The lowest BCUT2D eigenvalue weighted by atomic mass is 9.82. The van der Waals surface area contributed by atoms with Crippen molar-refractivity contribution in [2.45, 2.75) is 158 Å². The highest BCUT2D eigenvalue weighted by Gasteiger charge is 2.51. The summed E-state index contributed by atoms with van der Waals surface area (Å²) in [5.41, 5.74) is 5.99. The summed E-state index contributed by atoms with van der Waals surface area (Å²) >= 11 is 0. The predicted molar refractivity (Wildman–Crippen MR) is 187 cm³/mol. The van der Waals surface area contributed by atoms with Gasteiger partial charge in [0.1, 0.15) is 12.0 Å². The van der Waals surface area contributed by atoms with Crippen LogP contribution in [-0.4, -0.2) is 133 Å². The van der Waals surface area contributed by atoms with E-state index in [0.717, 1.165) is 19.3 Å². The number of hydrogen-bond donors (Lipinski definition) is 9. The molecule has 0 aromatic heterocycles. The number of rotatable bonds is 4. The molecule has 2 bridgehead atoms. The third-order valence-electron chi connectivity index (χ3n) is 9.78. The third-order valence-corrected chi connectivity index (χ3v) is 9.78. The van der Waals surface area contributed by atoms with E-state index in [0.29, 0.717) is 18.9 Å². The van der Waals surface area contributed by atoms with Crippen LogP contribution in [0, 0.1) is 11.8 Å². The predicted octanol–water partition coefficient (Wildman–Crippen LogP) is 1.19. The number of carbonyl (C=O) groups is 1. The fourth-order valence-corrected chi connectivity index (χ4v) is 6.79. The lowest BCUT2D eigenvalue weighted by molar-refractivity contribution is -0.308. The summed E-state index contributed by atoms with van der Waals surface area (Å²) in [5.74, 6) is -4.77. The monoisotopic (exact) mass is 727 g/mol. The van der Waals surface area contributed by atoms with Gasteiger partial charge in [0.2, 0.25) is 0 Å². The van der Waals surface area contributed by atoms with Gasteiger partial charge >= 0.3 is 5.97 Å². The van der Waals surface area contributed by atoms with Gasteiger partial charge in [-0.2, -0.15) is 0 Å². The van der Waals surface area contributed by atoms with Crippen LogP contribution in [0.4, 0.5) is 0 Å². The van der Waals surface area contributed by atoms with Gasteiger partial charge in [-0.1, -0.05) is 62.5 Å². The number of aliphatic carboxylic acids is 1. The van der Waals surface area contributed by atoms with Crippen LogP contribution in [0.1, 0.15) is 78.6 Å². The van der Waals surface area contributed by atoms with Gasteiger partial charge in [-0.05, 0) is 44.9 Å². The number of carboxylic acids is 1. The van der Waals surface area contributed by atoms with Crippen molar-refractivity contribution < 1.29 is 64.6 Å². The van der Waals surface area contributed by atoms with Crippen LogP contribution in [0.25, 0.3) is 0 Å². The van der Waals surface area contributed by atoms with Crippen LogP contribution in [0.2, 0.25) is 0 Å². The van der Waals surface area contributed by atoms with Crippen molar-refractivity contribution >= 4 is 5.97 Å². The molecule has 0 radical (unpaired) electrons. The van der Waals surface area contributed by atoms with E-state index >= 15 is 0 Å². The van der Waals surface area contributed by atoms with E-state index in [1.165, 1.54) is 0 Å². The fraction of sp³-hybridized carbons (Fsp3) is 0.757. The zero-order valence-corrected chi connectivity index (χ0v) is 30.0. The second-order valence-electron chi connectivity index (χ2n) is 14.5. The molecule has 0 aromatic rings. The first-order valence-electron chi connectivity index (χ1n) is 18.2. The van der Waals surface area contributed by atoms with Gasteiger partial charge in [0.15, 0.2) is 12.1 Å². The van der Waals surface area contributed by atoms with Crippen molar-refractivity contribution in [3.05, 3.63) is 48.6 Å².